The lowest BCUT2D eigenvalue weighted by Gasteiger charge is -2.23. The van der Waals surface area contributed by atoms with Crippen molar-refractivity contribution in [3.05, 3.63) is 0 Å². The normalized spacial score (nSPS) is 29.4. The monoisotopic (exact) mass is 197 g/mol. The summed E-state index contributed by atoms with van der Waals surface area (Å²) >= 11 is 0. The maximum atomic E-state index is 3.52. The summed E-state index contributed by atoms with van der Waals surface area (Å²) in [6.07, 6.45) is 9.92. The molecule has 0 aromatic rings. The molecule has 0 amide bonds. The fourth-order valence-electron chi connectivity index (χ4n) is 2.89. The van der Waals surface area contributed by atoms with Crippen molar-refractivity contribution in [2.24, 2.45) is 11.8 Å². The third kappa shape index (κ3) is 3.27. The summed E-state index contributed by atoms with van der Waals surface area (Å²) < 4.78 is 0. The molecule has 0 bridgehead atoms. The highest BCUT2D eigenvalue weighted by molar-refractivity contribution is 4.83. The second-order valence-corrected chi connectivity index (χ2v) is 4.88. The summed E-state index contributed by atoms with van der Waals surface area (Å²) in [6, 6.07) is 0.798. The van der Waals surface area contributed by atoms with Crippen LogP contribution in [0.3, 0.4) is 0 Å². The van der Waals surface area contributed by atoms with Gasteiger partial charge in [-0.3, -0.25) is 0 Å². The minimum Gasteiger partial charge on any atom is -0.317 e. The largest absolute Gasteiger partial charge is 0.317 e. The van der Waals surface area contributed by atoms with E-state index < -0.39 is 0 Å². The zero-order chi connectivity index (χ0) is 10.4. The summed E-state index contributed by atoms with van der Waals surface area (Å²) in [7, 11) is 2.14. The fraction of sp³-hybridized carbons (Fsp3) is 1.00. The van der Waals surface area contributed by atoms with Gasteiger partial charge in [-0.15, -0.1) is 0 Å². The molecule has 1 N–H and O–H groups in total. The number of rotatable bonds is 6. The van der Waals surface area contributed by atoms with Crippen LogP contribution in [0.2, 0.25) is 0 Å². The Hall–Kier alpha value is -0.0400. The van der Waals surface area contributed by atoms with Crippen LogP contribution >= 0.6 is 0 Å². The number of hydrogen-bond donors (Lipinski definition) is 1. The van der Waals surface area contributed by atoms with E-state index in [0.29, 0.717) is 0 Å². The molecule has 1 heteroatoms. The van der Waals surface area contributed by atoms with E-state index in [4.69, 9.17) is 0 Å². The average molecular weight is 197 g/mol. The molecule has 1 aliphatic carbocycles. The van der Waals surface area contributed by atoms with Crippen LogP contribution in [0.15, 0.2) is 0 Å². The van der Waals surface area contributed by atoms with Crippen molar-refractivity contribution >= 4 is 0 Å². The van der Waals surface area contributed by atoms with Crippen LogP contribution in [0.5, 0.6) is 0 Å². The summed E-state index contributed by atoms with van der Waals surface area (Å²) in [4.78, 5) is 0. The molecule has 1 rings (SSSR count). The number of nitrogens with one attached hydrogen (secondary N) is 1. The first-order chi connectivity index (χ1) is 6.81. The van der Waals surface area contributed by atoms with Gasteiger partial charge in [-0.25, -0.2) is 0 Å². The third-order valence-electron chi connectivity index (χ3n) is 3.97. The molecular weight excluding hydrogens is 170 g/mol. The molecule has 1 saturated carbocycles. The van der Waals surface area contributed by atoms with Gasteiger partial charge in [0.2, 0.25) is 0 Å². The molecule has 14 heavy (non-hydrogen) atoms. The lowest BCUT2D eigenvalue weighted by Crippen LogP contribution is -2.32. The molecule has 0 aliphatic heterocycles. The summed E-state index contributed by atoms with van der Waals surface area (Å²) in [6.45, 7) is 4.63. The van der Waals surface area contributed by atoms with E-state index in [1.165, 1.54) is 44.9 Å². The highest BCUT2D eigenvalue weighted by atomic mass is 14.9. The molecule has 3 unspecified atom stereocenters. The van der Waals surface area contributed by atoms with E-state index in [-0.39, 0.29) is 0 Å². The highest BCUT2D eigenvalue weighted by Gasteiger charge is 2.28. The molecule has 1 nitrogen and oxygen atoms in total. The molecule has 0 aromatic carbocycles. The van der Waals surface area contributed by atoms with Gasteiger partial charge < -0.3 is 5.32 Å². The third-order valence-corrected chi connectivity index (χ3v) is 3.97. The standard InChI is InChI=1S/C13H27N/c1-4-6-7-13(14-3)12-9-8-11(5-2)10-12/h11-14H,4-10H2,1-3H3. The second kappa shape index (κ2) is 6.44. The first-order valence-corrected chi connectivity index (χ1v) is 6.49. The number of hydrogen-bond acceptors (Lipinski definition) is 1. The van der Waals surface area contributed by atoms with Crippen LogP contribution in [0.1, 0.15) is 58.8 Å². The molecule has 0 aromatic heterocycles. The lowest BCUT2D eigenvalue weighted by molar-refractivity contribution is 0.340. The molecule has 1 fully saturated rings. The van der Waals surface area contributed by atoms with Crippen molar-refractivity contribution in [3.63, 3.8) is 0 Å². The Labute approximate surface area is 89.7 Å². The minimum atomic E-state index is 0.798. The van der Waals surface area contributed by atoms with E-state index in [1.54, 1.807) is 0 Å². The molecular formula is C13H27N. The Bertz CT molecular complexity index is 144. The predicted octanol–water partition coefficient (Wildman–Crippen LogP) is 3.59. The Morgan fingerprint density at radius 2 is 2.07 bits per heavy atom. The number of unbranched alkanes of at least 4 members (excludes halogenated alkanes) is 1. The second-order valence-electron chi connectivity index (χ2n) is 4.88. The summed E-state index contributed by atoms with van der Waals surface area (Å²) in [5.74, 6) is 1.99. The van der Waals surface area contributed by atoms with Crippen LogP contribution in [0.4, 0.5) is 0 Å². The van der Waals surface area contributed by atoms with Crippen molar-refractivity contribution in [2.45, 2.75) is 64.8 Å². The van der Waals surface area contributed by atoms with Gasteiger partial charge >= 0.3 is 0 Å². The molecule has 1 aliphatic rings. The Kier molecular flexibility index (Phi) is 5.54. The van der Waals surface area contributed by atoms with Crippen molar-refractivity contribution in [2.75, 3.05) is 7.05 Å². The summed E-state index contributed by atoms with van der Waals surface area (Å²) in [5.41, 5.74) is 0. The van der Waals surface area contributed by atoms with Gasteiger partial charge in [-0.1, -0.05) is 39.5 Å². The lowest BCUT2D eigenvalue weighted by atomic mass is 9.92. The zero-order valence-electron chi connectivity index (χ0n) is 10.2. The van der Waals surface area contributed by atoms with Gasteiger partial charge in [-0.2, -0.15) is 0 Å². The molecule has 0 heterocycles. The summed E-state index contributed by atoms with van der Waals surface area (Å²) in [5, 5.41) is 3.52. The quantitative estimate of drug-likeness (QED) is 0.686. The molecule has 3 atom stereocenters. The van der Waals surface area contributed by atoms with Gasteiger partial charge in [0.25, 0.3) is 0 Å². The van der Waals surface area contributed by atoms with Crippen molar-refractivity contribution < 1.29 is 0 Å². The van der Waals surface area contributed by atoms with Crippen LogP contribution in [-0.4, -0.2) is 13.1 Å². The predicted molar refractivity (Wildman–Crippen MR) is 63.5 cm³/mol. The maximum absolute atomic E-state index is 3.52. The van der Waals surface area contributed by atoms with E-state index in [1.807, 2.05) is 0 Å². The first kappa shape index (κ1) is 12.0. The van der Waals surface area contributed by atoms with Gasteiger partial charge in [0.1, 0.15) is 0 Å². The van der Waals surface area contributed by atoms with E-state index in [2.05, 4.69) is 26.2 Å². The first-order valence-electron chi connectivity index (χ1n) is 6.49. The zero-order valence-corrected chi connectivity index (χ0v) is 10.2. The molecule has 84 valence electrons. The highest BCUT2D eigenvalue weighted by Crippen LogP contribution is 2.35. The Morgan fingerprint density at radius 1 is 1.29 bits per heavy atom. The van der Waals surface area contributed by atoms with E-state index in [9.17, 15) is 0 Å². The molecule has 0 spiro atoms. The van der Waals surface area contributed by atoms with Crippen molar-refractivity contribution in [3.8, 4) is 0 Å². The van der Waals surface area contributed by atoms with Gasteiger partial charge in [0.05, 0.1) is 0 Å². The topological polar surface area (TPSA) is 12.0 Å². The van der Waals surface area contributed by atoms with Gasteiger partial charge in [0.15, 0.2) is 0 Å². The van der Waals surface area contributed by atoms with Gasteiger partial charge in [0, 0.05) is 6.04 Å². The smallest absolute Gasteiger partial charge is 0.00924 e. The minimum absolute atomic E-state index is 0.798. The SMILES string of the molecule is CCCCC(NC)C1CCC(CC)C1. The molecule has 0 radical (unpaired) electrons. The Morgan fingerprint density at radius 3 is 2.57 bits per heavy atom. The van der Waals surface area contributed by atoms with Crippen LogP contribution < -0.4 is 5.32 Å². The van der Waals surface area contributed by atoms with Crippen molar-refractivity contribution in [1.82, 2.24) is 5.32 Å². The van der Waals surface area contributed by atoms with Crippen LogP contribution in [-0.2, 0) is 0 Å². The Balaban J connectivity index is 2.30. The van der Waals surface area contributed by atoms with Crippen LogP contribution in [0.25, 0.3) is 0 Å². The van der Waals surface area contributed by atoms with Gasteiger partial charge in [-0.05, 0) is 38.1 Å². The van der Waals surface area contributed by atoms with Crippen LogP contribution in [0, 0.1) is 11.8 Å². The fourth-order valence-corrected chi connectivity index (χ4v) is 2.89. The molecule has 0 saturated heterocycles. The van der Waals surface area contributed by atoms with E-state index in [0.717, 1.165) is 17.9 Å². The maximum Gasteiger partial charge on any atom is 0.00924 e. The average Bonchev–Trinajstić information content (AvgIpc) is 2.68. The van der Waals surface area contributed by atoms with Crippen molar-refractivity contribution in [1.29, 1.82) is 0 Å². The van der Waals surface area contributed by atoms with E-state index >= 15 is 0 Å².